The first-order chi connectivity index (χ1) is 17.2. The van der Waals surface area contributed by atoms with Crippen molar-refractivity contribution in [3.63, 3.8) is 0 Å². The fourth-order valence-electron chi connectivity index (χ4n) is 3.32. The van der Waals surface area contributed by atoms with E-state index in [0.717, 1.165) is 11.1 Å². The van der Waals surface area contributed by atoms with Crippen LogP contribution in [0.15, 0.2) is 60.2 Å². The normalized spacial score (nSPS) is 10.9. The van der Waals surface area contributed by atoms with Gasteiger partial charge in [0.25, 0.3) is 11.6 Å². The Morgan fingerprint density at radius 3 is 2.58 bits per heavy atom. The number of ether oxygens (including phenoxy) is 2. The lowest BCUT2D eigenvalue weighted by atomic mass is 10.1. The summed E-state index contributed by atoms with van der Waals surface area (Å²) >= 11 is 2.09. The highest BCUT2D eigenvalue weighted by molar-refractivity contribution is 14.1. The van der Waals surface area contributed by atoms with Crippen LogP contribution in [0.1, 0.15) is 29.2 Å². The zero-order chi connectivity index (χ0) is 26.2. The molecule has 8 nitrogen and oxygen atoms in total. The third-order valence-electron chi connectivity index (χ3n) is 5.28. The summed E-state index contributed by atoms with van der Waals surface area (Å²) in [6.07, 6.45) is 1.49. The molecular weight excluding hydrogens is 573 g/mol. The number of nitro groups is 1. The maximum atomic E-state index is 12.7. The number of carbonyl (C=O) groups excluding carboxylic acids is 1. The molecule has 0 bridgehead atoms. The van der Waals surface area contributed by atoms with E-state index in [1.54, 1.807) is 30.3 Å². The van der Waals surface area contributed by atoms with Crippen LogP contribution in [-0.4, -0.2) is 17.4 Å². The quantitative estimate of drug-likeness (QED) is 0.101. The van der Waals surface area contributed by atoms with Crippen molar-refractivity contribution < 1.29 is 19.2 Å². The largest absolute Gasteiger partial charge is 0.490 e. The average molecular weight is 597 g/mol. The lowest BCUT2D eigenvalue weighted by molar-refractivity contribution is -0.384. The molecule has 0 heterocycles. The molecule has 9 heteroatoms. The number of carbonyl (C=O) groups is 1. The van der Waals surface area contributed by atoms with Crippen LogP contribution in [0.25, 0.3) is 6.08 Å². The van der Waals surface area contributed by atoms with Gasteiger partial charge >= 0.3 is 0 Å². The van der Waals surface area contributed by atoms with Crippen molar-refractivity contribution >= 4 is 45.9 Å². The van der Waals surface area contributed by atoms with Gasteiger partial charge in [-0.1, -0.05) is 18.2 Å². The fraction of sp³-hybridized carbons (Fsp3) is 0.185. The molecule has 0 saturated heterocycles. The molecule has 3 aromatic carbocycles. The summed E-state index contributed by atoms with van der Waals surface area (Å²) in [5.41, 5.74) is 3.91. The Kier molecular flexibility index (Phi) is 9.02. The van der Waals surface area contributed by atoms with Gasteiger partial charge < -0.3 is 14.8 Å². The molecule has 0 spiro atoms. The highest BCUT2D eigenvalue weighted by Gasteiger charge is 2.15. The van der Waals surface area contributed by atoms with E-state index in [4.69, 9.17) is 9.47 Å². The summed E-state index contributed by atoms with van der Waals surface area (Å²) in [5, 5.41) is 23.4. The van der Waals surface area contributed by atoms with E-state index < -0.39 is 10.8 Å². The van der Waals surface area contributed by atoms with Crippen molar-refractivity contribution in [2.45, 2.75) is 27.4 Å². The van der Waals surface area contributed by atoms with Gasteiger partial charge in [-0.15, -0.1) is 0 Å². The second kappa shape index (κ2) is 12.2. The van der Waals surface area contributed by atoms with Crippen molar-refractivity contribution in [1.82, 2.24) is 0 Å². The Morgan fingerprint density at radius 2 is 1.92 bits per heavy atom. The summed E-state index contributed by atoms with van der Waals surface area (Å²) in [6.45, 7) is 6.24. The molecule has 0 unspecified atom stereocenters. The van der Waals surface area contributed by atoms with E-state index in [1.807, 2.05) is 39.0 Å². The van der Waals surface area contributed by atoms with Gasteiger partial charge in [-0.2, -0.15) is 5.26 Å². The maximum Gasteiger partial charge on any atom is 0.269 e. The van der Waals surface area contributed by atoms with E-state index in [2.05, 4.69) is 27.9 Å². The van der Waals surface area contributed by atoms with Crippen LogP contribution >= 0.6 is 22.6 Å². The molecular formula is C27H24IN3O5. The van der Waals surface area contributed by atoms with Gasteiger partial charge in [0, 0.05) is 17.8 Å². The molecule has 0 saturated carbocycles. The number of hydrogen-bond donors (Lipinski definition) is 1. The summed E-state index contributed by atoms with van der Waals surface area (Å²) in [5.74, 6) is 0.395. The number of hydrogen-bond acceptors (Lipinski definition) is 6. The van der Waals surface area contributed by atoms with Crippen LogP contribution in [0.2, 0.25) is 0 Å². The number of rotatable bonds is 9. The summed E-state index contributed by atoms with van der Waals surface area (Å²) < 4.78 is 12.4. The van der Waals surface area contributed by atoms with Crippen LogP contribution in [0.3, 0.4) is 0 Å². The standard InChI is InChI=1S/C27H24IN3O5/c1-4-35-25-14-20(11-21(15-29)27(32)30-22-9-8-17(2)18(3)10-22)13-24(28)26(25)36-16-19-6-5-7-23(12-19)31(33)34/h5-14H,4,16H2,1-3H3,(H,30,32)/b21-11+. The van der Waals surface area contributed by atoms with Crippen molar-refractivity contribution in [2.75, 3.05) is 11.9 Å². The topological polar surface area (TPSA) is 114 Å². The van der Waals surface area contributed by atoms with E-state index in [-0.39, 0.29) is 17.9 Å². The third-order valence-corrected chi connectivity index (χ3v) is 6.08. The second-order valence-corrected chi connectivity index (χ2v) is 9.06. The highest BCUT2D eigenvalue weighted by Crippen LogP contribution is 2.35. The molecule has 0 radical (unpaired) electrons. The average Bonchev–Trinajstić information content (AvgIpc) is 2.84. The van der Waals surface area contributed by atoms with E-state index in [1.165, 1.54) is 18.2 Å². The number of nitriles is 1. The van der Waals surface area contributed by atoms with Gasteiger partial charge in [0.2, 0.25) is 0 Å². The van der Waals surface area contributed by atoms with Gasteiger partial charge in [0.15, 0.2) is 11.5 Å². The first-order valence-electron chi connectivity index (χ1n) is 11.0. The van der Waals surface area contributed by atoms with Gasteiger partial charge in [-0.05, 0) is 96.0 Å². The van der Waals surface area contributed by atoms with E-state index in [0.29, 0.717) is 38.5 Å². The van der Waals surface area contributed by atoms with Gasteiger partial charge in [-0.3, -0.25) is 14.9 Å². The van der Waals surface area contributed by atoms with Crippen molar-refractivity contribution in [3.8, 4) is 17.6 Å². The lowest BCUT2D eigenvalue weighted by Crippen LogP contribution is -2.13. The van der Waals surface area contributed by atoms with Crippen LogP contribution in [0, 0.1) is 38.9 Å². The summed E-state index contributed by atoms with van der Waals surface area (Å²) in [6, 6.07) is 17.2. The smallest absolute Gasteiger partial charge is 0.269 e. The van der Waals surface area contributed by atoms with Crippen LogP contribution in [0.5, 0.6) is 11.5 Å². The molecule has 0 aliphatic rings. The summed E-state index contributed by atoms with van der Waals surface area (Å²) in [4.78, 5) is 23.3. The van der Waals surface area contributed by atoms with Crippen LogP contribution in [0.4, 0.5) is 11.4 Å². The molecule has 0 atom stereocenters. The van der Waals surface area contributed by atoms with E-state index >= 15 is 0 Å². The number of nitrogens with one attached hydrogen (secondary N) is 1. The zero-order valence-corrected chi connectivity index (χ0v) is 22.2. The highest BCUT2D eigenvalue weighted by atomic mass is 127. The van der Waals surface area contributed by atoms with Gasteiger partial charge in [-0.25, -0.2) is 0 Å². The number of benzene rings is 3. The number of amides is 1. The van der Waals surface area contributed by atoms with Gasteiger partial charge in [0.05, 0.1) is 15.1 Å². The zero-order valence-electron chi connectivity index (χ0n) is 20.0. The second-order valence-electron chi connectivity index (χ2n) is 7.90. The SMILES string of the molecule is CCOc1cc(/C=C(\C#N)C(=O)Nc2ccc(C)c(C)c2)cc(I)c1OCc1cccc([N+](=O)[O-])c1. The Bertz CT molecular complexity index is 1380. The predicted octanol–water partition coefficient (Wildman–Crippen LogP) is 6.34. The fourth-order valence-corrected chi connectivity index (χ4v) is 4.10. The minimum Gasteiger partial charge on any atom is -0.490 e. The molecule has 3 aromatic rings. The van der Waals surface area contributed by atoms with Crippen LogP contribution < -0.4 is 14.8 Å². The molecule has 0 aliphatic heterocycles. The van der Waals surface area contributed by atoms with Crippen molar-refractivity contribution in [3.05, 3.63) is 96.1 Å². The molecule has 0 aliphatic carbocycles. The monoisotopic (exact) mass is 597 g/mol. The van der Waals surface area contributed by atoms with Gasteiger partial charge in [0.1, 0.15) is 18.2 Å². The summed E-state index contributed by atoms with van der Waals surface area (Å²) in [7, 11) is 0. The first-order valence-corrected chi connectivity index (χ1v) is 12.1. The number of non-ortho nitro benzene ring substituents is 1. The van der Waals surface area contributed by atoms with E-state index in [9.17, 15) is 20.2 Å². The third kappa shape index (κ3) is 6.82. The number of nitro benzene ring substituents is 1. The Hall–Kier alpha value is -3.91. The molecule has 1 amide bonds. The molecule has 0 fully saturated rings. The number of anilines is 1. The minimum atomic E-state index is -0.514. The van der Waals surface area contributed by atoms with Crippen molar-refractivity contribution in [1.29, 1.82) is 5.26 Å². The molecule has 36 heavy (non-hydrogen) atoms. The minimum absolute atomic E-state index is 0.0144. The first kappa shape index (κ1) is 26.7. The molecule has 1 N–H and O–H groups in total. The Labute approximate surface area is 222 Å². The Morgan fingerprint density at radius 1 is 1.14 bits per heavy atom. The Balaban J connectivity index is 1.85. The molecule has 0 aromatic heterocycles. The van der Waals surface area contributed by atoms with Crippen LogP contribution in [-0.2, 0) is 11.4 Å². The lowest BCUT2D eigenvalue weighted by Gasteiger charge is -2.15. The molecule has 184 valence electrons. The van der Waals surface area contributed by atoms with Crippen molar-refractivity contribution in [2.24, 2.45) is 0 Å². The predicted molar refractivity (Wildman–Crippen MR) is 146 cm³/mol. The molecule has 3 rings (SSSR count). The number of halogens is 1. The number of aryl methyl sites for hydroxylation is 2. The number of nitrogens with zero attached hydrogens (tertiary/aromatic N) is 2. The maximum absolute atomic E-state index is 12.7.